The van der Waals surface area contributed by atoms with E-state index in [0.29, 0.717) is 128 Å². The smallest absolute Gasteiger partial charge is 0.336 e. The molecule has 0 atom stereocenters. The summed E-state index contributed by atoms with van der Waals surface area (Å²) >= 11 is 10.5. The number of nitrogens with zero attached hydrogens (tertiary/aromatic N) is 5. The number of phenolic OH excluding ortho intramolecular Hbond substituents is 2. The number of methoxy groups -OCH3 is 3. The highest BCUT2D eigenvalue weighted by molar-refractivity contribution is 7.90. The van der Waals surface area contributed by atoms with E-state index >= 15 is 0 Å². The van der Waals surface area contributed by atoms with Crippen LogP contribution in [-0.4, -0.2) is 230 Å². The molecule has 4 aliphatic rings. The number of azide groups is 1. The lowest BCUT2D eigenvalue weighted by molar-refractivity contribution is -0.125. The van der Waals surface area contributed by atoms with Crippen molar-refractivity contribution in [2.75, 3.05) is 155 Å². The first kappa shape index (κ1) is 108. The minimum atomic E-state index is -3.69. The third-order valence-electron chi connectivity index (χ3n) is 20.1. The molecule has 2 aliphatic heterocycles. The number of hydrogen-bond donors (Lipinski definition) is 16. The number of carbonyl (C=O) groups excluding carboxylic acids is 6. The Morgan fingerprint density at radius 2 is 0.771 bits per heavy atom. The zero-order chi connectivity index (χ0) is 102. The molecule has 0 saturated carbocycles. The number of phenols is 2. The molecule has 140 heavy (non-hydrogen) atoms. The van der Waals surface area contributed by atoms with Gasteiger partial charge in [-0.25, -0.2) is 35.9 Å². The van der Waals surface area contributed by atoms with Crippen molar-refractivity contribution in [3.63, 3.8) is 0 Å². The van der Waals surface area contributed by atoms with Crippen molar-refractivity contribution in [2.45, 2.75) is 23.6 Å². The minimum absolute atomic E-state index is 0.00382. The lowest BCUT2D eigenvalue weighted by atomic mass is 9.90. The number of amides is 6. The molecule has 0 saturated heterocycles. The second kappa shape index (κ2) is 52.0. The highest BCUT2D eigenvalue weighted by atomic mass is 32.2. The molecule has 0 spiro atoms. The maximum atomic E-state index is 12.6. The van der Waals surface area contributed by atoms with Crippen LogP contribution in [0.2, 0.25) is 0 Å². The van der Waals surface area contributed by atoms with Crippen LogP contribution < -0.4 is 83.3 Å². The molecule has 9 aromatic rings. The van der Waals surface area contributed by atoms with Crippen molar-refractivity contribution >= 4 is 174 Å². The molecule has 2 aliphatic carbocycles. The van der Waals surface area contributed by atoms with Crippen LogP contribution in [0, 0.1) is 0 Å². The van der Waals surface area contributed by atoms with Gasteiger partial charge in [-0.05, 0) is 150 Å². The molecule has 16 N–H and O–H groups in total. The Morgan fingerprint density at radius 3 is 1.15 bits per heavy atom. The first-order valence-electron chi connectivity index (χ1n) is 42.7. The number of carboxylic acids is 2. The van der Waals surface area contributed by atoms with Crippen LogP contribution in [0.5, 0.6) is 11.5 Å². The molecule has 0 fully saturated rings. The van der Waals surface area contributed by atoms with Crippen LogP contribution in [0.4, 0.5) is 28.4 Å². The van der Waals surface area contributed by atoms with Gasteiger partial charge in [0.05, 0.1) is 20.9 Å². The van der Waals surface area contributed by atoms with E-state index in [-0.39, 0.29) is 146 Å². The van der Waals surface area contributed by atoms with Crippen molar-refractivity contribution in [1.82, 2.24) is 52.0 Å². The van der Waals surface area contributed by atoms with Crippen LogP contribution in [0.25, 0.3) is 98.8 Å². The number of aromatic carboxylic acids is 2. The van der Waals surface area contributed by atoms with Gasteiger partial charge in [-0.1, -0.05) is 77.9 Å². The zero-order valence-corrected chi connectivity index (χ0v) is 80.5. The van der Waals surface area contributed by atoms with Crippen LogP contribution in [-0.2, 0) is 58.2 Å². The van der Waals surface area contributed by atoms with E-state index in [1.807, 2.05) is 74.4 Å². The van der Waals surface area contributed by atoms with E-state index in [9.17, 15) is 85.2 Å². The number of ether oxygens (including phenoxy) is 3. The predicted molar refractivity (Wildman–Crippen MR) is 541 cm³/mol. The number of carboxylic acid groups (broad SMARTS) is 2. The molecule has 2 heterocycles. The first-order chi connectivity index (χ1) is 66.8. The predicted octanol–water partition coefficient (Wildman–Crippen LogP) is 9.80. The van der Waals surface area contributed by atoms with E-state index in [0.717, 1.165) is 22.1 Å². The van der Waals surface area contributed by atoms with Crippen LogP contribution >= 0.6 is 24.4 Å². The van der Waals surface area contributed by atoms with Crippen molar-refractivity contribution in [2.24, 2.45) is 5.11 Å². The van der Waals surface area contributed by atoms with Gasteiger partial charge in [-0.3, -0.25) is 38.4 Å². The molecule has 0 bridgehead atoms. The number of thiocarbonyl (C=S) groups is 2. The molecular weight excluding hydrogens is 1890 g/mol. The third kappa shape index (κ3) is 30.9. The molecule has 0 aromatic heterocycles. The Kier molecular flexibility index (Phi) is 40.0. The molecule has 44 heteroatoms. The quantitative estimate of drug-likeness (QED) is 0.00438. The molecular formula is C96H103N17O23S4. The Labute approximate surface area is 814 Å². The Hall–Kier alpha value is -15.8. The number of aromatic hydroxyl groups is 2. The lowest BCUT2D eigenvalue weighted by Gasteiger charge is -2.18. The number of benzene rings is 11. The summed E-state index contributed by atoms with van der Waals surface area (Å²) < 4.78 is 81.1. The van der Waals surface area contributed by atoms with Crippen molar-refractivity contribution in [3.05, 3.63) is 254 Å². The van der Waals surface area contributed by atoms with Crippen molar-refractivity contribution < 1.29 is 98.7 Å². The number of sulfonamides is 2. The number of nitrogens with one attached hydrogen (secondary N) is 12. The van der Waals surface area contributed by atoms with Gasteiger partial charge in [0.1, 0.15) is 54.0 Å². The summed E-state index contributed by atoms with van der Waals surface area (Å²) in [5, 5.41) is 75.5. The maximum Gasteiger partial charge on any atom is 0.336 e. The lowest BCUT2D eigenvalue weighted by Crippen LogP contribution is -2.37. The molecule has 0 unspecified atom stereocenters. The molecule has 40 nitrogen and oxygen atoms in total. The van der Waals surface area contributed by atoms with E-state index < -0.39 is 32.0 Å². The van der Waals surface area contributed by atoms with Gasteiger partial charge in [-0.15, -0.1) is 0 Å². The van der Waals surface area contributed by atoms with Gasteiger partial charge < -0.3 is 106 Å². The summed E-state index contributed by atoms with van der Waals surface area (Å²) in [6, 6.07) is 55.0. The van der Waals surface area contributed by atoms with Gasteiger partial charge in [0, 0.05) is 247 Å². The van der Waals surface area contributed by atoms with Crippen LogP contribution in [0.3, 0.4) is 0 Å². The fraction of sp³-hybridized carbons (Fsp3) is 0.229. The Bertz CT molecular complexity index is 7080. The number of fused-ring (bicyclic) bond motifs is 6. The summed E-state index contributed by atoms with van der Waals surface area (Å²) in [4.78, 5) is 123. The Balaban J connectivity index is 0.000000200. The second-order valence-corrected chi connectivity index (χ2v) is 35.0. The number of rotatable bonds is 35. The van der Waals surface area contributed by atoms with Crippen LogP contribution in [0.15, 0.2) is 240 Å². The summed E-state index contributed by atoms with van der Waals surface area (Å²) in [7, 11) is 4.61. The van der Waals surface area contributed by atoms with Gasteiger partial charge in [0.2, 0.25) is 49.6 Å². The number of carbonyl (C=O) groups is 8. The van der Waals surface area contributed by atoms with E-state index in [2.05, 4.69) is 77.4 Å². The summed E-state index contributed by atoms with van der Waals surface area (Å²) in [6.07, 6.45) is 0. The molecule has 9 aromatic carbocycles. The number of hydrogen-bond acceptors (Lipinski definition) is 26. The van der Waals surface area contributed by atoms with Gasteiger partial charge in [0.25, 0.3) is 5.91 Å². The van der Waals surface area contributed by atoms with Crippen molar-refractivity contribution in [3.8, 4) is 56.4 Å². The monoisotopic (exact) mass is 1990 g/mol. The first-order valence-corrected chi connectivity index (χ1v) is 46.4. The highest BCUT2D eigenvalue weighted by Gasteiger charge is 2.27. The summed E-state index contributed by atoms with van der Waals surface area (Å²) in [5.41, 5.74) is 15.0. The zero-order valence-electron chi connectivity index (χ0n) is 77.2. The van der Waals surface area contributed by atoms with E-state index in [1.165, 1.54) is 95.8 Å². The molecule has 13 rings (SSSR count). The second-order valence-electron chi connectivity index (χ2n) is 30.7. The fourth-order valence-electron chi connectivity index (χ4n) is 14.0. The average molecular weight is 1990 g/mol. The molecule has 734 valence electrons. The third-order valence-corrected chi connectivity index (χ3v) is 23.6. The minimum Gasteiger partial charge on any atom is -0.508 e. The van der Waals surface area contributed by atoms with Crippen LogP contribution in [0.1, 0.15) is 44.9 Å². The SMILES string of the molecule is CC(=O)NCCNC(=S)Nc1ccc(-c2c3ccc(=O)cc-3oc3cc(O)ccc23)c(C(=O)O)c1.CC(=O)NCCNS(=O)(=O)c1cccc2c(N(C)C)cccc12.COCC(=O)NCCNC(=O)c1ccc(N=[N+]=[N-])cc1.COCC(=O)NCCNC(=S)Nc1ccc(-c2c3ccc(=O)cc-3oc3cc(O)ccc23)c(C(=O)O)c1.COCC(=O)NCCNS(=O)(=O)c1cccc2c(N(C)C)cccc12. The van der Waals surface area contributed by atoms with Crippen molar-refractivity contribution in [1.29, 1.82) is 0 Å². The highest BCUT2D eigenvalue weighted by Crippen LogP contribution is 2.45. The Morgan fingerprint density at radius 1 is 0.414 bits per heavy atom. The fourth-order valence-corrected chi connectivity index (χ4v) is 16.9. The molecule has 6 amide bonds. The van der Waals surface area contributed by atoms with Gasteiger partial charge in [-0.2, -0.15) is 0 Å². The summed E-state index contributed by atoms with van der Waals surface area (Å²) in [6.45, 7) is 5.50. The van der Waals surface area contributed by atoms with Gasteiger partial charge in [0.15, 0.2) is 21.1 Å². The topological polar surface area (TPSA) is 573 Å². The maximum absolute atomic E-state index is 12.6. The normalized spacial score (nSPS) is 10.8. The van der Waals surface area contributed by atoms with Gasteiger partial charge >= 0.3 is 11.9 Å². The number of anilines is 4. The van der Waals surface area contributed by atoms with E-state index in [1.54, 1.807) is 109 Å². The average Bonchev–Trinajstić information content (AvgIpc) is 0.747. The molecule has 0 radical (unpaired) electrons. The largest absolute Gasteiger partial charge is 0.508 e. The summed E-state index contributed by atoms with van der Waals surface area (Å²) in [5.74, 6) is -3.22. The standard InChI is InChI=1S/C26H23N3O7S.C25H21N3O6S.C17H23N3O4S.C16H21N3O3S.C12H15N5O3/c1-35-13-23(32)27-8-9-28-26(37)29-14-2-5-17(20(10-14)25(33)34)24-18-6-3-15(30)11-21(18)36-22-12-16(31)4-7-19(22)24;1-13(29)26-8-9-27-25(35)28-14-2-5-17(20(10-14)24(32)33)23-18-6-3-15(30)11-21(18)34-22-12-16(31)4-7-19(22)23;1-20(2)15-8-4-7-14-13(15)6-5-9-16(14)25(22,23)19-11-10-18-17(21)12-24-3;1-12(20)17-10-11-18-23(21,22)16-9-5-6-13-14(16)7-4-8-15(13)19(2)3;1-20-8-11(18)14-6-7-15-12(19)9-2-4-10(5-3-9)16-17-13/h2-7,10-12,30H,8-9,13H2,1H3,(H,27,32)(H,33,34)(H2,28,29,37);2-7,10-12,30H,8-9H2,1H3,(H,26,29)(H,32,33)(H2,27,28,35);4-9,19H,10-12H2,1-3H3,(H,18,21);4-9,18H,10-11H2,1-3H3,(H,17,20);2-5H,6-8H2,1H3,(H,14,18)(H,15,19). The van der Waals surface area contributed by atoms with E-state index in [4.69, 9.17) is 48.3 Å².